The van der Waals surface area contributed by atoms with Gasteiger partial charge >= 0.3 is 0 Å². The summed E-state index contributed by atoms with van der Waals surface area (Å²) in [5.41, 5.74) is 0.513. The largest absolute Gasteiger partial charge is 0.411 e. The summed E-state index contributed by atoms with van der Waals surface area (Å²) in [6.45, 7) is 0. The van der Waals surface area contributed by atoms with Crippen molar-refractivity contribution in [2.45, 2.75) is 0 Å². The summed E-state index contributed by atoms with van der Waals surface area (Å²) in [6.07, 6.45) is 2.44. The molecule has 1 aromatic rings. The molecule has 0 unspecified atom stereocenters. The number of hydrogen-bond acceptors (Lipinski definition) is 4. The Morgan fingerprint density at radius 2 is 2.27 bits per heavy atom. The third-order valence-corrected chi connectivity index (χ3v) is 0.997. The van der Waals surface area contributed by atoms with E-state index in [1.54, 1.807) is 14.1 Å². The SMILES string of the molecule is CN=c1n[c-]nc(NC)[nH]1.[Y]. The minimum absolute atomic E-state index is 0. The molecule has 6 heteroatoms. The molecule has 0 saturated heterocycles. The van der Waals surface area contributed by atoms with Gasteiger partial charge in [-0.15, -0.1) is 0 Å². The van der Waals surface area contributed by atoms with Crippen molar-refractivity contribution in [1.29, 1.82) is 0 Å². The van der Waals surface area contributed by atoms with E-state index in [0.29, 0.717) is 11.6 Å². The van der Waals surface area contributed by atoms with E-state index in [1.807, 2.05) is 0 Å². The molecule has 0 aliphatic rings. The van der Waals surface area contributed by atoms with Gasteiger partial charge in [0.1, 0.15) is 5.62 Å². The standard InChI is InChI=1S/C5H8N5.Y/c1-6-4-8-3-9-5(7-2)10-4;/h1-2H3,(H2,6,7,8,9,10);/q-1;. The minimum atomic E-state index is 0. The molecule has 1 heterocycles. The van der Waals surface area contributed by atoms with Crippen LogP contribution in [0.5, 0.6) is 0 Å². The van der Waals surface area contributed by atoms with E-state index in [1.165, 1.54) is 0 Å². The van der Waals surface area contributed by atoms with Gasteiger partial charge < -0.3 is 25.3 Å². The molecular weight excluding hydrogens is 219 g/mol. The van der Waals surface area contributed by atoms with Gasteiger partial charge in [0.05, 0.1) is 5.95 Å². The molecule has 2 N–H and O–H groups in total. The maximum Gasteiger partial charge on any atom is 0.110 e. The number of nitrogens with zero attached hydrogens (tertiary/aromatic N) is 3. The van der Waals surface area contributed by atoms with Gasteiger partial charge in [0.15, 0.2) is 0 Å². The summed E-state index contributed by atoms with van der Waals surface area (Å²) in [5, 5.41) is 2.80. The fraction of sp³-hybridized carbons (Fsp3) is 0.400. The van der Waals surface area contributed by atoms with Crippen molar-refractivity contribution in [3.63, 3.8) is 0 Å². The monoisotopic (exact) mass is 227 g/mol. The minimum Gasteiger partial charge on any atom is -0.411 e. The van der Waals surface area contributed by atoms with Crippen molar-refractivity contribution >= 4 is 5.95 Å². The number of aromatic nitrogens is 3. The number of anilines is 1. The van der Waals surface area contributed by atoms with E-state index in [4.69, 9.17) is 0 Å². The van der Waals surface area contributed by atoms with Gasteiger partial charge in [-0.3, -0.25) is 0 Å². The maximum absolute atomic E-state index is 3.80. The fourth-order valence-corrected chi connectivity index (χ4v) is 0.508. The Hall–Kier alpha value is -0.286. The Kier molecular flexibility index (Phi) is 5.24. The number of H-pyrrole nitrogens is 1. The van der Waals surface area contributed by atoms with E-state index in [-0.39, 0.29) is 32.7 Å². The molecular formula is C5H8N5Y-. The topological polar surface area (TPSA) is 66.0 Å². The van der Waals surface area contributed by atoms with Gasteiger partial charge in [-0.1, -0.05) is 0 Å². The van der Waals surface area contributed by atoms with Crippen molar-refractivity contribution in [3.05, 3.63) is 11.9 Å². The summed E-state index contributed by atoms with van der Waals surface area (Å²) in [6, 6.07) is 0. The molecule has 0 bridgehead atoms. The summed E-state index contributed by atoms with van der Waals surface area (Å²) in [7, 11) is 3.40. The maximum atomic E-state index is 3.80. The molecule has 0 amide bonds. The quantitative estimate of drug-likeness (QED) is 0.615. The average molecular weight is 227 g/mol. The molecule has 0 aliphatic heterocycles. The van der Waals surface area contributed by atoms with Crippen LogP contribution in [0.4, 0.5) is 5.95 Å². The average Bonchev–Trinajstić information content (AvgIpc) is 2.05. The zero-order valence-electron chi connectivity index (χ0n) is 6.42. The molecule has 0 aliphatic carbocycles. The van der Waals surface area contributed by atoms with Crippen molar-refractivity contribution in [2.24, 2.45) is 4.99 Å². The predicted molar refractivity (Wildman–Crippen MR) is 36.3 cm³/mol. The Morgan fingerprint density at radius 1 is 1.55 bits per heavy atom. The third-order valence-electron chi connectivity index (χ3n) is 0.997. The van der Waals surface area contributed by atoms with Crippen LogP contribution >= 0.6 is 0 Å². The van der Waals surface area contributed by atoms with Gasteiger partial charge in [0.2, 0.25) is 0 Å². The van der Waals surface area contributed by atoms with Crippen LogP contribution in [-0.2, 0) is 32.7 Å². The van der Waals surface area contributed by atoms with E-state index >= 15 is 0 Å². The first kappa shape index (κ1) is 10.7. The Bertz CT molecular complexity index is 268. The van der Waals surface area contributed by atoms with Crippen molar-refractivity contribution in [2.75, 3.05) is 19.4 Å². The number of nitrogens with one attached hydrogen (secondary N) is 2. The van der Waals surface area contributed by atoms with Crippen molar-refractivity contribution in [3.8, 4) is 0 Å². The van der Waals surface area contributed by atoms with Gasteiger partial charge in [0, 0.05) is 46.1 Å². The van der Waals surface area contributed by atoms with Crippen LogP contribution in [0.3, 0.4) is 0 Å². The van der Waals surface area contributed by atoms with Crippen LogP contribution in [0.1, 0.15) is 0 Å². The normalized spacial score (nSPS) is 10.5. The molecule has 1 radical (unpaired) electrons. The Morgan fingerprint density at radius 3 is 2.82 bits per heavy atom. The van der Waals surface area contributed by atoms with Crippen molar-refractivity contribution < 1.29 is 32.7 Å². The van der Waals surface area contributed by atoms with Gasteiger partial charge in [-0.25, -0.2) is 0 Å². The smallest absolute Gasteiger partial charge is 0.110 e. The molecule has 11 heavy (non-hydrogen) atoms. The molecule has 57 valence electrons. The first-order valence-corrected chi connectivity index (χ1v) is 2.82. The summed E-state index contributed by atoms with van der Waals surface area (Å²) < 4.78 is 0. The zero-order valence-corrected chi connectivity index (χ0v) is 9.26. The number of aromatic amines is 1. The van der Waals surface area contributed by atoms with E-state index in [0.717, 1.165) is 0 Å². The molecule has 1 rings (SSSR count). The number of rotatable bonds is 1. The second-order valence-electron chi connectivity index (χ2n) is 1.59. The van der Waals surface area contributed by atoms with Crippen LogP contribution in [0.15, 0.2) is 4.99 Å². The molecule has 0 saturated carbocycles. The molecule has 0 spiro atoms. The van der Waals surface area contributed by atoms with Crippen LogP contribution in [0.2, 0.25) is 0 Å². The first-order chi connectivity index (χ1) is 4.86. The second kappa shape index (κ2) is 5.38. The second-order valence-corrected chi connectivity index (χ2v) is 1.59. The zero-order chi connectivity index (χ0) is 7.40. The van der Waals surface area contributed by atoms with Gasteiger partial charge in [0.25, 0.3) is 0 Å². The van der Waals surface area contributed by atoms with E-state index < -0.39 is 0 Å². The summed E-state index contributed by atoms with van der Waals surface area (Å²) >= 11 is 0. The predicted octanol–water partition coefficient (Wildman–Crippen LogP) is -0.825. The molecule has 0 atom stereocenters. The molecule has 0 aromatic carbocycles. The van der Waals surface area contributed by atoms with Crippen LogP contribution < -0.4 is 10.9 Å². The molecule has 0 fully saturated rings. The fourth-order valence-electron chi connectivity index (χ4n) is 0.508. The molecule has 5 nitrogen and oxygen atoms in total. The van der Waals surface area contributed by atoms with Gasteiger partial charge in [-0.2, -0.15) is 0 Å². The van der Waals surface area contributed by atoms with Crippen LogP contribution in [-0.4, -0.2) is 29.0 Å². The summed E-state index contributed by atoms with van der Waals surface area (Å²) in [4.78, 5) is 14.1. The Balaban J connectivity index is 0.000001000. The van der Waals surface area contributed by atoms with E-state index in [2.05, 4.69) is 31.6 Å². The van der Waals surface area contributed by atoms with Gasteiger partial charge in [-0.05, 0) is 7.05 Å². The molecule has 1 aromatic heterocycles. The Labute approximate surface area is 89.6 Å². The van der Waals surface area contributed by atoms with Crippen molar-refractivity contribution in [1.82, 2.24) is 15.0 Å². The number of hydrogen-bond donors (Lipinski definition) is 2. The van der Waals surface area contributed by atoms with Crippen LogP contribution in [0, 0.1) is 6.33 Å². The third kappa shape index (κ3) is 3.07. The van der Waals surface area contributed by atoms with Crippen LogP contribution in [0.25, 0.3) is 0 Å². The summed E-state index contributed by atoms with van der Waals surface area (Å²) in [5.74, 6) is 0.607. The first-order valence-electron chi connectivity index (χ1n) is 2.82. The van der Waals surface area contributed by atoms with E-state index in [9.17, 15) is 0 Å².